The van der Waals surface area contributed by atoms with Crippen LogP contribution in [0.1, 0.15) is 0 Å². The van der Waals surface area contributed by atoms with Gasteiger partial charge in [-0.25, -0.2) is 8.78 Å². The number of hydrogen-bond acceptors (Lipinski definition) is 2. The topological polar surface area (TPSA) is 38.9 Å². The molecule has 0 spiro atoms. The molecule has 1 heterocycles. The van der Waals surface area contributed by atoms with Crippen LogP contribution in [-0.4, -0.2) is 4.98 Å². The number of rotatable bonds is 1. The number of anilines is 1. The van der Waals surface area contributed by atoms with Gasteiger partial charge in [-0.2, -0.15) is 0 Å². The summed E-state index contributed by atoms with van der Waals surface area (Å²) in [7, 11) is 0. The van der Waals surface area contributed by atoms with Crippen molar-refractivity contribution in [1.29, 1.82) is 0 Å². The Bertz CT molecular complexity index is 764. The van der Waals surface area contributed by atoms with Crippen LogP contribution in [0, 0.1) is 11.6 Å². The minimum absolute atomic E-state index is 0.185. The highest BCUT2D eigenvalue weighted by atomic mass is 19.1. The predicted molar refractivity (Wildman–Crippen MR) is 71.5 cm³/mol. The summed E-state index contributed by atoms with van der Waals surface area (Å²) < 4.78 is 27.5. The summed E-state index contributed by atoms with van der Waals surface area (Å²) in [6, 6.07) is 9.37. The zero-order valence-corrected chi connectivity index (χ0v) is 9.90. The lowest BCUT2D eigenvalue weighted by Gasteiger charge is -2.08. The van der Waals surface area contributed by atoms with Gasteiger partial charge in [0.15, 0.2) is 0 Å². The van der Waals surface area contributed by atoms with Crippen molar-refractivity contribution < 1.29 is 8.78 Å². The minimum Gasteiger partial charge on any atom is -0.396 e. The van der Waals surface area contributed by atoms with Crippen molar-refractivity contribution in [2.75, 3.05) is 5.73 Å². The first-order chi connectivity index (χ1) is 9.16. The molecule has 2 N–H and O–H groups in total. The Morgan fingerprint density at radius 1 is 0.947 bits per heavy atom. The lowest BCUT2D eigenvalue weighted by molar-refractivity contribution is 0.607. The van der Waals surface area contributed by atoms with E-state index in [1.165, 1.54) is 0 Å². The van der Waals surface area contributed by atoms with Crippen LogP contribution in [-0.2, 0) is 0 Å². The Morgan fingerprint density at radius 3 is 2.63 bits per heavy atom. The maximum Gasteiger partial charge on any atom is 0.146 e. The van der Waals surface area contributed by atoms with E-state index in [9.17, 15) is 8.78 Å². The highest BCUT2D eigenvalue weighted by molar-refractivity contribution is 5.96. The second-order valence-electron chi connectivity index (χ2n) is 4.26. The lowest BCUT2D eigenvalue weighted by atomic mass is 9.99. The van der Waals surface area contributed by atoms with Crippen LogP contribution < -0.4 is 5.73 Å². The molecule has 4 heteroatoms. The molecule has 2 aromatic carbocycles. The molecule has 0 aliphatic carbocycles. The number of benzene rings is 2. The highest BCUT2D eigenvalue weighted by Gasteiger charge is 2.12. The zero-order valence-electron chi connectivity index (χ0n) is 9.90. The molecular weight excluding hydrogens is 246 g/mol. The average Bonchev–Trinajstić information content (AvgIpc) is 2.42. The zero-order chi connectivity index (χ0) is 13.4. The predicted octanol–water partition coefficient (Wildman–Crippen LogP) is 3.76. The minimum atomic E-state index is -0.628. The number of halogens is 2. The number of fused-ring (bicyclic) bond motifs is 1. The quantitative estimate of drug-likeness (QED) is 0.673. The second kappa shape index (κ2) is 4.31. The molecule has 0 amide bonds. The Balaban J connectivity index is 2.33. The third-order valence-electron chi connectivity index (χ3n) is 3.06. The van der Waals surface area contributed by atoms with Gasteiger partial charge in [0, 0.05) is 29.4 Å². The maximum absolute atomic E-state index is 14.0. The largest absolute Gasteiger partial charge is 0.396 e. The highest BCUT2D eigenvalue weighted by Crippen LogP contribution is 2.31. The van der Waals surface area contributed by atoms with E-state index in [0.717, 1.165) is 22.9 Å². The van der Waals surface area contributed by atoms with Gasteiger partial charge >= 0.3 is 0 Å². The smallest absolute Gasteiger partial charge is 0.146 e. The maximum atomic E-state index is 14.0. The van der Waals surface area contributed by atoms with E-state index in [0.29, 0.717) is 5.56 Å². The van der Waals surface area contributed by atoms with Crippen LogP contribution >= 0.6 is 0 Å². The summed E-state index contributed by atoms with van der Waals surface area (Å²) in [5, 5.41) is 1.69. The van der Waals surface area contributed by atoms with Gasteiger partial charge in [0.05, 0.1) is 5.69 Å². The Labute approximate surface area is 108 Å². The van der Waals surface area contributed by atoms with E-state index in [4.69, 9.17) is 5.73 Å². The van der Waals surface area contributed by atoms with Crippen LogP contribution in [0.4, 0.5) is 14.5 Å². The van der Waals surface area contributed by atoms with Crippen LogP contribution in [0.5, 0.6) is 0 Å². The Kier molecular flexibility index (Phi) is 2.63. The number of hydrogen-bond donors (Lipinski definition) is 1. The number of nitrogens with zero attached hydrogens (tertiary/aromatic N) is 1. The van der Waals surface area contributed by atoms with Crippen molar-refractivity contribution in [2.45, 2.75) is 0 Å². The fraction of sp³-hybridized carbons (Fsp3) is 0. The third-order valence-corrected chi connectivity index (χ3v) is 3.06. The van der Waals surface area contributed by atoms with Gasteiger partial charge in [-0.15, -0.1) is 0 Å². The molecule has 0 saturated carbocycles. The number of aromatic nitrogens is 1. The van der Waals surface area contributed by atoms with E-state index < -0.39 is 11.6 Å². The summed E-state index contributed by atoms with van der Waals surface area (Å²) in [6.45, 7) is 0. The molecule has 2 nitrogen and oxygen atoms in total. The fourth-order valence-electron chi connectivity index (χ4n) is 2.12. The van der Waals surface area contributed by atoms with Gasteiger partial charge in [-0.3, -0.25) is 4.98 Å². The van der Waals surface area contributed by atoms with Crippen molar-refractivity contribution in [2.24, 2.45) is 0 Å². The van der Waals surface area contributed by atoms with E-state index in [-0.39, 0.29) is 11.3 Å². The second-order valence-corrected chi connectivity index (χ2v) is 4.26. The number of nitrogens with two attached hydrogens (primary N) is 1. The number of pyridine rings is 1. The van der Waals surface area contributed by atoms with Gasteiger partial charge in [0.1, 0.15) is 11.6 Å². The van der Waals surface area contributed by atoms with Gasteiger partial charge < -0.3 is 5.73 Å². The Hall–Kier alpha value is -2.49. The molecule has 0 aliphatic heterocycles. The summed E-state index contributed by atoms with van der Waals surface area (Å²) in [5.41, 5.74) is 5.94. The van der Waals surface area contributed by atoms with Gasteiger partial charge in [0.2, 0.25) is 0 Å². The molecule has 3 aromatic rings. The summed E-state index contributed by atoms with van der Waals surface area (Å²) in [6.07, 6.45) is 3.30. The molecule has 0 fully saturated rings. The Morgan fingerprint density at radius 2 is 1.79 bits per heavy atom. The van der Waals surface area contributed by atoms with E-state index >= 15 is 0 Å². The van der Waals surface area contributed by atoms with E-state index in [1.807, 2.05) is 12.1 Å². The van der Waals surface area contributed by atoms with Crippen LogP contribution in [0.2, 0.25) is 0 Å². The summed E-state index contributed by atoms with van der Waals surface area (Å²) >= 11 is 0. The molecule has 0 atom stereocenters. The monoisotopic (exact) mass is 256 g/mol. The van der Waals surface area contributed by atoms with Gasteiger partial charge in [-0.05, 0) is 23.1 Å². The summed E-state index contributed by atoms with van der Waals surface area (Å²) in [4.78, 5) is 4.03. The molecule has 1 aromatic heterocycles. The van der Waals surface area contributed by atoms with E-state index in [2.05, 4.69) is 4.98 Å². The molecule has 0 unspecified atom stereocenters. The SMILES string of the molecule is Nc1cc(F)c(-c2cccc3ccncc23)cc1F. The van der Waals surface area contributed by atoms with Crippen molar-refractivity contribution in [3.63, 3.8) is 0 Å². The molecule has 0 aliphatic rings. The standard InChI is InChI=1S/C15H10F2N2/c16-13-7-15(18)14(17)6-11(13)10-3-1-2-9-4-5-19-8-12(9)10/h1-8H,18H2. The normalized spacial score (nSPS) is 10.8. The van der Waals surface area contributed by atoms with Gasteiger partial charge in [0.25, 0.3) is 0 Å². The third kappa shape index (κ3) is 1.91. The van der Waals surface area contributed by atoms with Crippen molar-refractivity contribution in [3.8, 4) is 11.1 Å². The van der Waals surface area contributed by atoms with Crippen molar-refractivity contribution in [1.82, 2.24) is 4.98 Å². The summed E-state index contributed by atoms with van der Waals surface area (Å²) in [5.74, 6) is -1.17. The average molecular weight is 256 g/mol. The number of nitrogen functional groups attached to an aromatic ring is 1. The fourth-order valence-corrected chi connectivity index (χ4v) is 2.12. The first-order valence-electron chi connectivity index (χ1n) is 5.74. The van der Waals surface area contributed by atoms with Crippen LogP contribution in [0.15, 0.2) is 48.8 Å². The van der Waals surface area contributed by atoms with Crippen LogP contribution in [0.25, 0.3) is 21.9 Å². The van der Waals surface area contributed by atoms with Crippen molar-refractivity contribution >= 4 is 16.5 Å². The van der Waals surface area contributed by atoms with E-state index in [1.54, 1.807) is 24.5 Å². The first-order valence-corrected chi connectivity index (χ1v) is 5.74. The first kappa shape index (κ1) is 11.6. The molecule has 0 saturated heterocycles. The molecular formula is C15H10F2N2. The molecule has 19 heavy (non-hydrogen) atoms. The molecule has 94 valence electrons. The molecule has 0 radical (unpaired) electrons. The van der Waals surface area contributed by atoms with Crippen LogP contribution in [0.3, 0.4) is 0 Å². The molecule has 0 bridgehead atoms. The lowest BCUT2D eigenvalue weighted by Crippen LogP contribution is -1.95. The van der Waals surface area contributed by atoms with Crippen molar-refractivity contribution in [3.05, 3.63) is 60.4 Å². The van der Waals surface area contributed by atoms with Gasteiger partial charge in [-0.1, -0.05) is 18.2 Å². The molecule has 3 rings (SSSR count).